The summed E-state index contributed by atoms with van der Waals surface area (Å²) in [4.78, 5) is 25.1. The van der Waals surface area contributed by atoms with Crippen LogP contribution in [0.3, 0.4) is 0 Å². The number of aryl methyl sites for hydroxylation is 2. The van der Waals surface area contributed by atoms with Gasteiger partial charge in [0.2, 0.25) is 0 Å². The molecule has 0 unspecified atom stereocenters. The van der Waals surface area contributed by atoms with Crippen molar-refractivity contribution in [1.82, 2.24) is 13.7 Å². The molecular weight excluding hydrogens is 392 g/mol. The Morgan fingerprint density at radius 2 is 1.94 bits per heavy atom. The summed E-state index contributed by atoms with van der Waals surface area (Å²) in [6.07, 6.45) is 3.34. The van der Waals surface area contributed by atoms with E-state index in [-0.39, 0.29) is 12.1 Å². The van der Waals surface area contributed by atoms with Gasteiger partial charge in [0.05, 0.1) is 24.0 Å². The molecule has 0 bridgehead atoms. The lowest BCUT2D eigenvalue weighted by Crippen LogP contribution is -2.29. The minimum absolute atomic E-state index is 0.102. The highest BCUT2D eigenvalue weighted by atomic mass is 16.4. The second kappa shape index (κ2) is 7.98. The van der Waals surface area contributed by atoms with Gasteiger partial charge in [-0.05, 0) is 48.7 Å². The molecule has 0 fully saturated rings. The monoisotopic (exact) mass is 420 g/mol. The van der Waals surface area contributed by atoms with Crippen LogP contribution >= 0.6 is 0 Å². The van der Waals surface area contributed by atoms with E-state index in [0.717, 1.165) is 34.0 Å². The van der Waals surface area contributed by atoms with E-state index in [4.69, 9.17) is 5.73 Å². The van der Waals surface area contributed by atoms with E-state index < -0.39 is 12.0 Å². The van der Waals surface area contributed by atoms with Crippen molar-refractivity contribution in [3.05, 3.63) is 64.2 Å². The summed E-state index contributed by atoms with van der Waals surface area (Å²) in [7, 11) is 2.00. The van der Waals surface area contributed by atoms with Gasteiger partial charge in [-0.25, -0.2) is 4.79 Å². The molecule has 0 amide bonds. The number of aromatic nitrogens is 3. The van der Waals surface area contributed by atoms with E-state index in [1.807, 2.05) is 26.1 Å². The van der Waals surface area contributed by atoms with E-state index in [1.54, 1.807) is 21.3 Å². The molecule has 2 heterocycles. The summed E-state index contributed by atoms with van der Waals surface area (Å²) >= 11 is 0. The number of rotatable bonds is 7. The molecule has 2 aromatic heterocycles. The molecule has 0 aliphatic heterocycles. The maximum Gasteiger partial charge on any atom is 0.329 e. The predicted molar refractivity (Wildman–Crippen MR) is 124 cm³/mol. The molecule has 162 valence electrons. The standard InChI is InChI=1S/C24H28N4O3/c1-4-6-18(12-22(29)30)28-21-11-17(25)9-10-19(21)27(24(28)31)14-16-13-26(3)20-8-5-7-15(2)23(16)20/h5,7-11,13,18H,4,6,12,14,25H2,1-3H3,(H,29,30)/t18-/m0/s1. The number of carboxylic acid groups (broad SMARTS) is 1. The van der Waals surface area contributed by atoms with Gasteiger partial charge in [-0.15, -0.1) is 0 Å². The van der Waals surface area contributed by atoms with Gasteiger partial charge >= 0.3 is 11.7 Å². The Balaban J connectivity index is 1.93. The lowest BCUT2D eigenvalue weighted by Gasteiger charge is -2.16. The maximum atomic E-state index is 13.6. The van der Waals surface area contributed by atoms with Gasteiger partial charge < -0.3 is 15.4 Å². The maximum absolute atomic E-state index is 13.6. The zero-order valence-electron chi connectivity index (χ0n) is 18.1. The summed E-state index contributed by atoms with van der Waals surface area (Å²) in [6, 6.07) is 11.2. The first kappa shape index (κ1) is 20.8. The SMILES string of the molecule is CCC[C@@H](CC(=O)O)n1c(=O)n(Cc2cn(C)c3cccc(C)c23)c2ccc(N)cc21. The molecular formula is C24H28N4O3. The van der Waals surface area contributed by atoms with Crippen LogP contribution in [0.25, 0.3) is 21.9 Å². The van der Waals surface area contributed by atoms with Crippen LogP contribution in [0.4, 0.5) is 5.69 Å². The number of carboxylic acids is 1. The molecule has 0 spiro atoms. The van der Waals surface area contributed by atoms with Crippen LogP contribution in [0.1, 0.15) is 43.4 Å². The lowest BCUT2D eigenvalue weighted by molar-refractivity contribution is -0.137. The summed E-state index contributed by atoms with van der Waals surface area (Å²) in [5, 5.41) is 10.6. The van der Waals surface area contributed by atoms with Gasteiger partial charge in [0.1, 0.15) is 0 Å². The van der Waals surface area contributed by atoms with Gasteiger partial charge in [-0.2, -0.15) is 0 Å². The van der Waals surface area contributed by atoms with E-state index >= 15 is 0 Å². The molecule has 4 aromatic rings. The van der Waals surface area contributed by atoms with Crippen LogP contribution in [-0.2, 0) is 18.4 Å². The zero-order valence-corrected chi connectivity index (χ0v) is 18.1. The number of benzene rings is 2. The van der Waals surface area contributed by atoms with E-state index in [0.29, 0.717) is 24.2 Å². The summed E-state index contributed by atoms with van der Waals surface area (Å²) in [6.45, 7) is 4.47. The molecule has 0 radical (unpaired) electrons. The van der Waals surface area contributed by atoms with Gasteiger partial charge in [0.15, 0.2) is 0 Å². The summed E-state index contributed by atoms with van der Waals surface area (Å²) in [5.41, 5.74) is 11.1. The number of hydrogen-bond donors (Lipinski definition) is 2. The van der Waals surface area contributed by atoms with Crippen molar-refractivity contribution in [1.29, 1.82) is 0 Å². The summed E-state index contributed by atoms with van der Waals surface area (Å²) in [5.74, 6) is -0.917. The quantitative estimate of drug-likeness (QED) is 0.441. The molecule has 0 aliphatic rings. The van der Waals surface area contributed by atoms with Crippen LogP contribution in [0.15, 0.2) is 47.4 Å². The van der Waals surface area contributed by atoms with E-state index in [9.17, 15) is 14.7 Å². The van der Waals surface area contributed by atoms with Crippen LogP contribution in [0.2, 0.25) is 0 Å². The first-order valence-corrected chi connectivity index (χ1v) is 10.6. The fourth-order valence-electron chi connectivity index (χ4n) is 4.68. The van der Waals surface area contributed by atoms with Crippen molar-refractivity contribution in [2.75, 3.05) is 5.73 Å². The van der Waals surface area contributed by atoms with Gasteiger partial charge in [0.25, 0.3) is 0 Å². The molecule has 0 saturated heterocycles. The zero-order chi connectivity index (χ0) is 22.3. The predicted octanol–water partition coefficient (Wildman–Crippen LogP) is 4.05. The number of fused-ring (bicyclic) bond motifs is 2. The largest absolute Gasteiger partial charge is 0.481 e. The number of aliphatic carboxylic acids is 1. The molecule has 0 saturated carbocycles. The van der Waals surface area contributed by atoms with Crippen LogP contribution in [0, 0.1) is 6.92 Å². The third-order valence-electron chi connectivity index (χ3n) is 6.01. The van der Waals surface area contributed by atoms with Crippen molar-refractivity contribution in [3.63, 3.8) is 0 Å². The minimum atomic E-state index is -0.917. The number of carbonyl (C=O) groups is 1. The van der Waals surface area contributed by atoms with Gasteiger partial charge in [-0.3, -0.25) is 13.9 Å². The molecule has 2 aromatic carbocycles. The number of nitrogens with zero attached hydrogens (tertiary/aromatic N) is 3. The van der Waals surface area contributed by atoms with E-state index in [2.05, 4.69) is 29.8 Å². The lowest BCUT2D eigenvalue weighted by atomic mass is 10.1. The van der Waals surface area contributed by atoms with Crippen LogP contribution < -0.4 is 11.4 Å². The first-order chi connectivity index (χ1) is 14.8. The van der Waals surface area contributed by atoms with E-state index in [1.165, 1.54) is 0 Å². The normalized spacial score (nSPS) is 12.6. The number of nitrogens with two attached hydrogens (primary N) is 1. The third kappa shape index (κ3) is 3.60. The Bertz CT molecular complexity index is 1340. The van der Waals surface area contributed by atoms with Crippen LogP contribution in [-0.4, -0.2) is 24.8 Å². The Morgan fingerprint density at radius 1 is 1.16 bits per heavy atom. The second-order valence-electron chi connectivity index (χ2n) is 8.26. The van der Waals surface area contributed by atoms with Crippen molar-refractivity contribution >= 4 is 33.6 Å². The molecule has 4 rings (SSSR count). The number of imidazole rings is 1. The molecule has 31 heavy (non-hydrogen) atoms. The highest BCUT2D eigenvalue weighted by Crippen LogP contribution is 2.28. The average molecular weight is 421 g/mol. The van der Waals surface area contributed by atoms with Crippen LogP contribution in [0.5, 0.6) is 0 Å². The Hall–Kier alpha value is -3.48. The second-order valence-corrected chi connectivity index (χ2v) is 8.26. The molecule has 1 atom stereocenters. The topological polar surface area (TPSA) is 95.2 Å². The fourth-order valence-corrected chi connectivity index (χ4v) is 4.68. The van der Waals surface area contributed by atoms with Crippen molar-refractivity contribution < 1.29 is 9.90 Å². The molecule has 3 N–H and O–H groups in total. The van der Waals surface area contributed by atoms with Crippen molar-refractivity contribution in [2.45, 2.75) is 45.7 Å². The molecule has 7 nitrogen and oxygen atoms in total. The van der Waals surface area contributed by atoms with Gasteiger partial charge in [0, 0.05) is 35.9 Å². The number of hydrogen-bond acceptors (Lipinski definition) is 3. The number of anilines is 1. The smallest absolute Gasteiger partial charge is 0.329 e. The Kier molecular flexibility index (Phi) is 5.35. The Morgan fingerprint density at radius 3 is 2.65 bits per heavy atom. The minimum Gasteiger partial charge on any atom is -0.481 e. The molecule has 0 aliphatic carbocycles. The highest BCUT2D eigenvalue weighted by Gasteiger charge is 2.23. The molecule has 7 heteroatoms. The van der Waals surface area contributed by atoms with Gasteiger partial charge in [-0.1, -0.05) is 25.5 Å². The van der Waals surface area contributed by atoms with Crippen molar-refractivity contribution in [2.24, 2.45) is 7.05 Å². The summed E-state index contributed by atoms with van der Waals surface area (Å²) < 4.78 is 5.44. The highest BCUT2D eigenvalue weighted by molar-refractivity contribution is 5.87. The van der Waals surface area contributed by atoms with Crippen molar-refractivity contribution in [3.8, 4) is 0 Å². The average Bonchev–Trinajstić information content (AvgIpc) is 3.16. The number of nitrogen functional groups attached to an aromatic ring is 1. The fraction of sp³-hybridized carbons (Fsp3) is 0.333. The third-order valence-corrected chi connectivity index (χ3v) is 6.01. The first-order valence-electron chi connectivity index (χ1n) is 10.6. The Labute approximate surface area is 180 Å².